The summed E-state index contributed by atoms with van der Waals surface area (Å²) in [5.74, 6) is 1.76. The molecule has 5 aliphatic rings. The number of hydrogen-bond acceptors (Lipinski definition) is 14. The highest BCUT2D eigenvalue weighted by Crippen LogP contribution is 2.38. The largest absolute Gasteiger partial charge is 0.495 e. The Balaban J connectivity index is 0.000000159. The molecule has 4 aromatic heterocycles. The zero-order valence-corrected chi connectivity index (χ0v) is 52.7. The number of benzene rings is 2. The molecule has 5 fully saturated rings. The molecular formula is C63H81BClF3N12O8. The lowest BCUT2D eigenvalue weighted by Crippen LogP contribution is -2.41. The number of amides is 4. The summed E-state index contributed by atoms with van der Waals surface area (Å²) in [7, 11) is -0.556. The summed E-state index contributed by atoms with van der Waals surface area (Å²) in [5.41, 5.74) is 7.77. The Kier molecular flexibility index (Phi) is 20.5. The number of rotatable bonds is 10. The molecule has 0 unspecified atom stereocenters. The number of urea groups is 2. The molecule has 3 N–H and O–H groups in total. The topological polar surface area (TPSA) is 207 Å². The van der Waals surface area contributed by atoms with E-state index in [0.29, 0.717) is 67.4 Å². The number of carbonyl (C=O) groups is 3. The zero-order chi connectivity index (χ0) is 63.1. The van der Waals surface area contributed by atoms with Crippen molar-refractivity contribution in [2.75, 3.05) is 99.2 Å². The van der Waals surface area contributed by atoms with Gasteiger partial charge < -0.3 is 58.7 Å². The minimum Gasteiger partial charge on any atom is -0.443 e. The first kappa shape index (κ1) is 65.2. The third kappa shape index (κ3) is 16.9. The van der Waals surface area contributed by atoms with Gasteiger partial charge in [-0.1, -0.05) is 42.6 Å². The maximum Gasteiger partial charge on any atom is 0.495 e. The second-order valence-corrected chi connectivity index (χ2v) is 25.4. The Morgan fingerprint density at radius 1 is 0.739 bits per heavy atom. The van der Waals surface area contributed by atoms with Crippen LogP contribution in [0.4, 0.5) is 50.6 Å². The predicted molar refractivity (Wildman–Crippen MR) is 335 cm³/mol. The summed E-state index contributed by atoms with van der Waals surface area (Å²) in [6.45, 7) is 27.5. The molecular weight excluding hydrogens is 1160 g/mol. The number of aromatic amines is 1. The number of H-pyrrole nitrogens is 1. The number of imidazole rings is 2. The van der Waals surface area contributed by atoms with Crippen molar-refractivity contribution in [1.29, 1.82) is 0 Å². The molecule has 0 spiro atoms. The van der Waals surface area contributed by atoms with Crippen molar-refractivity contribution in [3.05, 3.63) is 102 Å². The average Bonchev–Trinajstić information content (AvgIpc) is 1.75. The van der Waals surface area contributed by atoms with Gasteiger partial charge in [-0.05, 0) is 158 Å². The van der Waals surface area contributed by atoms with Crippen LogP contribution in [-0.4, -0.2) is 166 Å². The van der Waals surface area contributed by atoms with Crippen molar-refractivity contribution in [2.45, 2.75) is 118 Å². The summed E-state index contributed by atoms with van der Waals surface area (Å²) in [4.78, 5) is 66.4. The SMILES string of the molecule is CC(C)(C)OC(=O)n1cnc(-c2cc(Cl)cc(N3CCOCC3)n2)c1.CC[C@@H]1CCN(C(=O)Nc2ccc(C)c(-c3cc(-c4cnc[nH]4)nc(N4CCOCC4)c3)c2)C1.Cc1ccc(NC(=O)N2CC[C@@H](CC(F)(F)F)C2)cc1B1OC(C)(C)C(C)(C)O1. The first-order chi connectivity index (χ1) is 41.7. The van der Waals surface area contributed by atoms with Crippen LogP contribution in [0.2, 0.25) is 5.02 Å². The van der Waals surface area contributed by atoms with Crippen molar-refractivity contribution in [3.8, 4) is 33.9 Å². The minimum atomic E-state index is -4.20. The van der Waals surface area contributed by atoms with Crippen LogP contribution in [0.5, 0.6) is 0 Å². The summed E-state index contributed by atoms with van der Waals surface area (Å²) in [6, 6.07) is 18.9. The summed E-state index contributed by atoms with van der Waals surface area (Å²) in [6.07, 6.45) is 3.49. The van der Waals surface area contributed by atoms with Gasteiger partial charge in [0, 0.05) is 81.4 Å². The maximum atomic E-state index is 12.9. The Morgan fingerprint density at radius 3 is 1.88 bits per heavy atom. The van der Waals surface area contributed by atoms with Gasteiger partial charge in [0.15, 0.2) is 0 Å². The van der Waals surface area contributed by atoms with Crippen LogP contribution in [0.3, 0.4) is 0 Å². The van der Waals surface area contributed by atoms with Gasteiger partial charge in [0.25, 0.3) is 0 Å². The molecule has 9 heterocycles. The molecule has 0 radical (unpaired) electrons. The monoisotopic (exact) mass is 1240 g/mol. The molecule has 25 heteroatoms. The van der Waals surface area contributed by atoms with Gasteiger partial charge in [-0.2, -0.15) is 13.2 Å². The predicted octanol–water partition coefficient (Wildman–Crippen LogP) is 11.9. The Hall–Kier alpha value is -7.25. The zero-order valence-electron chi connectivity index (χ0n) is 51.9. The van der Waals surface area contributed by atoms with Crippen molar-refractivity contribution in [2.24, 2.45) is 11.8 Å². The Bertz CT molecular complexity index is 3370. The van der Waals surface area contributed by atoms with E-state index in [-0.39, 0.29) is 12.6 Å². The van der Waals surface area contributed by atoms with Crippen molar-refractivity contribution >= 4 is 65.3 Å². The lowest BCUT2D eigenvalue weighted by atomic mass is 9.76. The molecule has 20 nitrogen and oxygen atoms in total. The third-order valence-electron chi connectivity index (χ3n) is 16.6. The minimum absolute atomic E-state index is 0.0207. The number of halogens is 4. The van der Waals surface area contributed by atoms with Crippen LogP contribution in [0, 0.1) is 25.7 Å². The molecule has 0 aliphatic carbocycles. The van der Waals surface area contributed by atoms with Crippen molar-refractivity contribution in [1.82, 2.24) is 39.3 Å². The highest BCUT2D eigenvalue weighted by Gasteiger charge is 2.52. The molecule has 2 aromatic carbocycles. The van der Waals surface area contributed by atoms with E-state index in [1.165, 1.54) is 15.8 Å². The van der Waals surface area contributed by atoms with Crippen LogP contribution < -0.4 is 25.9 Å². The average molecular weight is 1240 g/mol. The van der Waals surface area contributed by atoms with Gasteiger partial charge in [0.05, 0.1) is 67.2 Å². The fourth-order valence-corrected chi connectivity index (χ4v) is 11.0. The number of nitrogens with one attached hydrogen (secondary N) is 3. The number of hydrogen-bond donors (Lipinski definition) is 3. The lowest BCUT2D eigenvalue weighted by Gasteiger charge is -2.32. The van der Waals surface area contributed by atoms with E-state index in [9.17, 15) is 27.6 Å². The summed E-state index contributed by atoms with van der Waals surface area (Å²) in [5, 5.41) is 6.48. The van der Waals surface area contributed by atoms with Crippen LogP contribution in [0.1, 0.15) is 92.2 Å². The van der Waals surface area contributed by atoms with E-state index in [1.807, 2.05) is 78.5 Å². The first-order valence-corrected chi connectivity index (χ1v) is 30.4. The Labute approximate surface area is 518 Å². The number of ether oxygens (including phenoxy) is 3. The van der Waals surface area contributed by atoms with E-state index >= 15 is 0 Å². The van der Waals surface area contributed by atoms with Gasteiger partial charge in [-0.3, -0.25) is 0 Å². The van der Waals surface area contributed by atoms with Crippen molar-refractivity contribution < 1.29 is 51.1 Å². The molecule has 472 valence electrons. The summed E-state index contributed by atoms with van der Waals surface area (Å²) >= 11 is 6.25. The molecule has 5 saturated heterocycles. The molecule has 0 saturated carbocycles. The first-order valence-electron chi connectivity index (χ1n) is 30.1. The van der Waals surface area contributed by atoms with E-state index in [4.69, 9.17) is 40.1 Å². The second kappa shape index (κ2) is 27.6. The molecule has 6 aromatic rings. The maximum absolute atomic E-state index is 12.9. The van der Waals surface area contributed by atoms with Gasteiger partial charge in [-0.15, -0.1) is 0 Å². The lowest BCUT2D eigenvalue weighted by molar-refractivity contribution is -0.143. The highest BCUT2D eigenvalue weighted by atomic mass is 35.5. The number of morpholine rings is 2. The van der Waals surface area contributed by atoms with E-state index in [1.54, 1.807) is 36.9 Å². The van der Waals surface area contributed by atoms with Gasteiger partial charge in [-0.25, -0.2) is 38.9 Å². The van der Waals surface area contributed by atoms with Crippen LogP contribution >= 0.6 is 11.6 Å². The van der Waals surface area contributed by atoms with Crippen molar-refractivity contribution in [3.63, 3.8) is 0 Å². The number of likely N-dealkylation sites (tertiary alicyclic amines) is 2. The number of aromatic nitrogens is 6. The van der Waals surface area contributed by atoms with Gasteiger partial charge in [0.2, 0.25) is 0 Å². The fraction of sp³-hybridized carbons (Fsp3) is 0.508. The highest BCUT2D eigenvalue weighted by molar-refractivity contribution is 6.62. The van der Waals surface area contributed by atoms with Crippen LogP contribution in [0.25, 0.3) is 33.9 Å². The third-order valence-corrected chi connectivity index (χ3v) is 16.8. The Morgan fingerprint density at radius 2 is 1.31 bits per heavy atom. The molecule has 88 heavy (non-hydrogen) atoms. The number of nitrogens with zero attached hydrogens (tertiary/aromatic N) is 9. The molecule has 11 rings (SSSR count). The van der Waals surface area contributed by atoms with E-state index in [2.05, 4.69) is 78.5 Å². The molecule has 4 amide bonds. The standard InChI is InChI=1S/C26H32N6O2.C20H28BF3N2O3.C17H21ClN4O3/c1-3-19-6-7-32(16-19)26(33)29-21-5-4-18(2)22(14-21)20-12-23(24-15-27-17-28-24)30-25(13-20)31-8-10-34-11-9-31;1-13-6-7-15(10-16(13)21-28-18(2,3)19(4,5)29-21)25-17(27)26-9-8-14(12-26)11-20(22,23)24;1-17(2,3)25-16(23)22-10-14(19-11-22)13-8-12(18)9-15(20-13)21-4-6-24-7-5-21/h4-5,12-15,17,19H,3,6-11,16H2,1-2H3,(H,27,28)(H,29,33);6-7,10,14H,8-9,11-12H2,1-5H3,(H,25,27);8-11H,4-7H2,1-3H3/t19-;14-;/m10./s1. The second-order valence-electron chi connectivity index (χ2n) is 24.9. The number of aryl methyl sites for hydroxylation is 2. The number of alkyl halides is 3. The van der Waals surface area contributed by atoms with Gasteiger partial charge in [0.1, 0.15) is 29.3 Å². The summed E-state index contributed by atoms with van der Waals surface area (Å²) < 4.78 is 67.5. The normalized spacial score (nSPS) is 19.2. The quantitative estimate of drug-likeness (QED) is 0.109. The van der Waals surface area contributed by atoms with Crippen LogP contribution in [-0.2, 0) is 23.5 Å². The smallest absolute Gasteiger partial charge is 0.443 e. The van der Waals surface area contributed by atoms with E-state index in [0.717, 1.165) is 109 Å². The molecule has 5 aliphatic heterocycles. The number of anilines is 4. The van der Waals surface area contributed by atoms with Gasteiger partial charge >= 0.3 is 31.5 Å². The molecule has 2 atom stereocenters. The number of pyridine rings is 2. The fourth-order valence-electron chi connectivity index (χ4n) is 10.8. The van der Waals surface area contributed by atoms with E-state index < -0.39 is 54.6 Å². The molecule has 0 bridgehead atoms. The van der Waals surface area contributed by atoms with Crippen LogP contribution in [0.15, 0.2) is 85.7 Å². The number of carbonyl (C=O) groups excluding carboxylic acids is 3.